The fraction of sp³-hybridized carbons (Fsp3) is 0.174. The van der Waals surface area contributed by atoms with Crippen LogP contribution in [-0.2, 0) is 0 Å². The molecule has 312 valence electrons. The van der Waals surface area contributed by atoms with Crippen LogP contribution in [0.2, 0.25) is 0 Å². The van der Waals surface area contributed by atoms with Crippen LogP contribution in [0.25, 0.3) is 0 Å². The first-order valence-corrected chi connectivity index (χ1v) is 22.2. The van der Waals surface area contributed by atoms with Crippen LogP contribution in [0.5, 0.6) is 69.0 Å². The summed E-state index contributed by atoms with van der Waals surface area (Å²) in [7, 11) is 2.21. The predicted octanol–water partition coefficient (Wildman–Crippen LogP) is 11.6. The van der Waals surface area contributed by atoms with Crippen molar-refractivity contribution < 1.29 is 55.6 Å². The summed E-state index contributed by atoms with van der Waals surface area (Å²) in [6.45, 7) is 0. The zero-order valence-corrected chi connectivity index (χ0v) is 36.0. The number of allylic oxidation sites excluding steroid dienone is 2. The predicted molar refractivity (Wildman–Crippen MR) is 234 cm³/mol. The number of hydrogen-bond donors (Lipinski definition) is 0. The molecule has 0 amide bonds. The third-order valence-electron chi connectivity index (χ3n) is 8.66. The highest BCUT2D eigenvalue weighted by molar-refractivity contribution is 7.63. The lowest BCUT2D eigenvalue weighted by Crippen LogP contribution is -2.20. The van der Waals surface area contributed by atoms with Gasteiger partial charge in [0, 0.05) is 0 Å². The molecule has 60 heavy (non-hydrogen) atoms. The SMILES string of the molecule is COc1ccccc1O[P+](CC=CC[P+](Oc1ccccc1OC)(Oc1ccccc1OC)Oc1ccccc1OC)(Oc1ccccc1OC)Oc1ccccc1OC. The smallest absolute Gasteiger partial charge is 0.493 e. The van der Waals surface area contributed by atoms with Crippen molar-refractivity contribution in [2.45, 2.75) is 0 Å². The number of benzene rings is 6. The average molecular weight is 855 g/mol. The van der Waals surface area contributed by atoms with Gasteiger partial charge in [-0.05, 0) is 84.9 Å². The fourth-order valence-corrected chi connectivity index (χ4v) is 10.00. The molecular formula is C46H48O12P2+2. The van der Waals surface area contributed by atoms with E-state index in [4.69, 9.17) is 55.6 Å². The summed E-state index contributed by atoms with van der Waals surface area (Å²) in [5, 5.41) is 0. The Kier molecular flexibility index (Phi) is 15.1. The van der Waals surface area contributed by atoms with E-state index in [-0.39, 0.29) is 12.3 Å². The molecule has 6 rings (SSSR count). The van der Waals surface area contributed by atoms with Crippen LogP contribution in [0, 0.1) is 0 Å². The van der Waals surface area contributed by atoms with Crippen LogP contribution in [0.1, 0.15) is 0 Å². The van der Waals surface area contributed by atoms with E-state index in [1.165, 1.54) is 0 Å². The quantitative estimate of drug-likeness (QED) is 0.0479. The van der Waals surface area contributed by atoms with E-state index in [0.29, 0.717) is 69.0 Å². The van der Waals surface area contributed by atoms with Gasteiger partial charge in [0.15, 0.2) is 46.8 Å². The molecule has 0 aliphatic carbocycles. The Balaban J connectivity index is 1.49. The summed E-state index contributed by atoms with van der Waals surface area (Å²) >= 11 is 0. The number of para-hydroxylation sites is 12. The molecule has 0 aromatic heterocycles. The van der Waals surface area contributed by atoms with Gasteiger partial charge in [-0.1, -0.05) is 72.8 Å². The van der Waals surface area contributed by atoms with E-state index in [1.807, 2.05) is 84.9 Å². The van der Waals surface area contributed by atoms with E-state index in [9.17, 15) is 0 Å². The molecule has 0 bridgehead atoms. The molecule has 6 aromatic carbocycles. The Bertz CT molecular complexity index is 1920. The van der Waals surface area contributed by atoms with Crippen LogP contribution in [0.15, 0.2) is 158 Å². The van der Waals surface area contributed by atoms with Gasteiger partial charge >= 0.3 is 15.9 Å². The van der Waals surface area contributed by atoms with Crippen molar-refractivity contribution in [1.82, 2.24) is 0 Å². The van der Waals surface area contributed by atoms with Crippen LogP contribution < -0.4 is 55.6 Å². The summed E-state index contributed by atoms with van der Waals surface area (Å²) in [6, 6.07) is 43.6. The summed E-state index contributed by atoms with van der Waals surface area (Å²) in [4.78, 5) is 0. The highest BCUT2D eigenvalue weighted by Gasteiger charge is 2.53. The van der Waals surface area contributed by atoms with Gasteiger partial charge < -0.3 is 28.4 Å². The molecule has 12 nitrogen and oxygen atoms in total. The van der Waals surface area contributed by atoms with Crippen molar-refractivity contribution in [3.63, 3.8) is 0 Å². The molecule has 0 aliphatic heterocycles. The maximum Gasteiger partial charge on any atom is 0.546 e. The van der Waals surface area contributed by atoms with Crippen LogP contribution >= 0.6 is 15.9 Å². The Morgan fingerprint density at radius 2 is 0.417 bits per heavy atom. The van der Waals surface area contributed by atoms with Crippen molar-refractivity contribution in [3.8, 4) is 69.0 Å². The highest BCUT2D eigenvalue weighted by atomic mass is 31.2. The minimum atomic E-state index is -3.60. The zero-order chi connectivity index (χ0) is 42.2. The molecule has 0 N–H and O–H groups in total. The summed E-state index contributed by atoms with van der Waals surface area (Å²) in [6.07, 6.45) is 3.93. The van der Waals surface area contributed by atoms with E-state index in [0.717, 1.165) is 0 Å². The second-order valence-corrected chi connectivity index (χ2v) is 16.8. The van der Waals surface area contributed by atoms with Crippen LogP contribution in [0.4, 0.5) is 0 Å². The average Bonchev–Trinajstić information content (AvgIpc) is 3.29. The number of hydrogen-bond acceptors (Lipinski definition) is 12. The monoisotopic (exact) mass is 854 g/mol. The van der Waals surface area contributed by atoms with Crippen molar-refractivity contribution in [1.29, 1.82) is 0 Å². The van der Waals surface area contributed by atoms with Crippen LogP contribution in [-0.4, -0.2) is 55.0 Å². The molecule has 0 atom stereocenters. The zero-order valence-electron chi connectivity index (χ0n) is 34.2. The van der Waals surface area contributed by atoms with Gasteiger partial charge in [0.2, 0.25) is 34.5 Å². The minimum Gasteiger partial charge on any atom is -0.493 e. The first-order valence-electron chi connectivity index (χ1n) is 18.7. The van der Waals surface area contributed by atoms with Crippen molar-refractivity contribution in [2.24, 2.45) is 0 Å². The Labute approximate surface area is 352 Å². The maximum absolute atomic E-state index is 6.89. The molecule has 0 fully saturated rings. The molecule has 6 aromatic rings. The third-order valence-corrected chi connectivity index (χ3v) is 12.8. The molecular weight excluding hydrogens is 806 g/mol. The van der Waals surface area contributed by atoms with Gasteiger partial charge in [-0.15, -0.1) is 0 Å². The van der Waals surface area contributed by atoms with Gasteiger partial charge in [-0.25, -0.2) is 0 Å². The van der Waals surface area contributed by atoms with Gasteiger partial charge in [0.1, 0.15) is 0 Å². The second kappa shape index (κ2) is 21.0. The Hall–Kier alpha value is -6.48. The van der Waals surface area contributed by atoms with Crippen molar-refractivity contribution >= 4 is 15.9 Å². The number of methoxy groups -OCH3 is 6. The van der Waals surface area contributed by atoms with Crippen LogP contribution in [0.3, 0.4) is 0 Å². The fourth-order valence-electron chi connectivity index (χ4n) is 5.81. The second-order valence-electron chi connectivity index (χ2n) is 12.5. The standard InChI is InChI=1S/C46H48O12P2/c1-47-35-21-7-13-27-41(35)53-59(54-42-28-14-8-22-36(42)48-2,55-43-29-15-9-23-37(43)49-3)33-19-20-34-60(56-44-30-16-10-24-38(44)50-4,57-45-31-17-11-25-39(45)51-5)58-46-32-18-12-26-40(46)52-6/h7-32H,33-34H2,1-6H3/q+2. The van der Waals surface area contributed by atoms with Gasteiger partial charge in [-0.2, -0.15) is 0 Å². The Morgan fingerprint density at radius 3 is 0.567 bits per heavy atom. The Morgan fingerprint density at radius 1 is 0.267 bits per heavy atom. The molecule has 14 heteroatoms. The van der Waals surface area contributed by atoms with E-state index in [1.54, 1.807) is 115 Å². The molecule has 0 heterocycles. The minimum absolute atomic E-state index is 0.0825. The molecule has 0 spiro atoms. The van der Waals surface area contributed by atoms with Gasteiger partial charge in [0.05, 0.1) is 42.7 Å². The van der Waals surface area contributed by atoms with E-state index < -0.39 is 15.9 Å². The molecule has 0 radical (unpaired) electrons. The van der Waals surface area contributed by atoms with Gasteiger partial charge in [0.25, 0.3) is 0 Å². The van der Waals surface area contributed by atoms with E-state index >= 15 is 0 Å². The summed E-state index contributed by atoms with van der Waals surface area (Å²) in [5.41, 5.74) is 0. The highest BCUT2D eigenvalue weighted by Crippen LogP contribution is 2.65. The molecule has 0 saturated carbocycles. The normalized spacial score (nSPS) is 11.2. The lowest BCUT2D eigenvalue weighted by Gasteiger charge is -2.25. The summed E-state index contributed by atoms with van der Waals surface area (Å²) < 4.78 is 75.6. The molecule has 0 unspecified atom stereocenters. The number of rotatable bonds is 22. The first kappa shape index (κ1) is 43.1. The lowest BCUT2D eigenvalue weighted by molar-refractivity contribution is 0.318. The lowest BCUT2D eigenvalue weighted by atomic mass is 10.3. The summed E-state index contributed by atoms with van der Waals surface area (Å²) in [5.74, 6) is 5.23. The van der Waals surface area contributed by atoms with Gasteiger partial charge in [-0.3, -0.25) is 27.1 Å². The van der Waals surface area contributed by atoms with E-state index in [2.05, 4.69) is 0 Å². The molecule has 0 aliphatic rings. The largest absolute Gasteiger partial charge is 0.546 e. The number of ether oxygens (including phenoxy) is 6. The third kappa shape index (κ3) is 10.8. The maximum atomic E-state index is 6.89. The van der Waals surface area contributed by atoms with Crippen molar-refractivity contribution in [3.05, 3.63) is 158 Å². The topological polar surface area (TPSA) is 111 Å². The first-order chi connectivity index (χ1) is 29.4. The molecule has 0 saturated heterocycles. The van der Waals surface area contributed by atoms with Crippen molar-refractivity contribution in [2.75, 3.05) is 55.0 Å².